The molecule has 0 aliphatic heterocycles. The number of fused-ring (bicyclic) bond motifs is 1. The maximum absolute atomic E-state index is 5.87. The highest BCUT2D eigenvalue weighted by Crippen LogP contribution is 2.23. The van der Waals surface area contributed by atoms with Crippen molar-refractivity contribution in [1.82, 2.24) is 14.5 Å². The maximum Gasteiger partial charge on any atom is 0.213 e. The van der Waals surface area contributed by atoms with Crippen molar-refractivity contribution < 1.29 is 4.74 Å². The van der Waals surface area contributed by atoms with Crippen LogP contribution in [-0.4, -0.2) is 14.5 Å². The summed E-state index contributed by atoms with van der Waals surface area (Å²) in [7, 11) is 2.06. The molecule has 0 N–H and O–H groups in total. The Balaban J connectivity index is 1.76. The predicted octanol–water partition coefficient (Wildman–Crippen LogP) is 3.65. The van der Waals surface area contributed by atoms with Crippen molar-refractivity contribution in [3.05, 3.63) is 47.2 Å². The molecular formula is C18H23N3O. The van der Waals surface area contributed by atoms with E-state index in [9.17, 15) is 0 Å². The van der Waals surface area contributed by atoms with E-state index >= 15 is 0 Å². The molecule has 3 rings (SSSR count). The minimum Gasteiger partial charge on any atom is -0.469 e. The summed E-state index contributed by atoms with van der Waals surface area (Å²) >= 11 is 0. The first-order valence-corrected chi connectivity index (χ1v) is 7.76. The molecule has 0 saturated carbocycles. The van der Waals surface area contributed by atoms with Crippen LogP contribution in [0.5, 0.6) is 5.88 Å². The van der Waals surface area contributed by atoms with Gasteiger partial charge in [-0.25, -0.2) is 9.97 Å². The molecule has 0 unspecified atom stereocenters. The van der Waals surface area contributed by atoms with Crippen LogP contribution in [0, 0.1) is 0 Å². The summed E-state index contributed by atoms with van der Waals surface area (Å²) < 4.78 is 8.01. The normalized spacial score (nSPS) is 14.0. The molecular weight excluding hydrogens is 274 g/mol. The van der Waals surface area contributed by atoms with Gasteiger partial charge in [-0.15, -0.1) is 0 Å². The fourth-order valence-corrected chi connectivity index (χ4v) is 2.63. The zero-order chi connectivity index (χ0) is 15.7. The standard InChI is InChI=1S/C18H23N3O/c1-18(2,3)15-10-7-11-17(20-15)22-12-16-19-13-8-5-6-9-14(13)21(16)4/h5,7-8,10-11H,6,9,12H2,1-4H3. The van der Waals surface area contributed by atoms with Crippen LogP contribution in [0.25, 0.3) is 6.08 Å². The minimum absolute atomic E-state index is 0.0203. The lowest BCUT2D eigenvalue weighted by Gasteiger charge is -2.18. The molecule has 0 bridgehead atoms. The van der Waals surface area contributed by atoms with Crippen LogP contribution in [0.15, 0.2) is 24.3 Å². The lowest BCUT2D eigenvalue weighted by Crippen LogP contribution is -2.14. The van der Waals surface area contributed by atoms with Gasteiger partial charge in [0, 0.05) is 29.9 Å². The Hall–Kier alpha value is -2.10. The highest BCUT2D eigenvalue weighted by Gasteiger charge is 2.17. The van der Waals surface area contributed by atoms with Gasteiger partial charge >= 0.3 is 0 Å². The SMILES string of the molecule is Cn1c(COc2cccc(C(C)(C)C)n2)nc2c1CCC=C2. The molecule has 0 atom stereocenters. The van der Waals surface area contributed by atoms with Crippen LogP contribution in [-0.2, 0) is 25.5 Å². The third kappa shape index (κ3) is 2.91. The third-order valence-corrected chi connectivity index (χ3v) is 4.00. The van der Waals surface area contributed by atoms with Gasteiger partial charge in [0.2, 0.25) is 5.88 Å². The zero-order valence-electron chi connectivity index (χ0n) is 13.8. The van der Waals surface area contributed by atoms with Crippen LogP contribution in [0.1, 0.15) is 50.1 Å². The van der Waals surface area contributed by atoms with E-state index in [2.05, 4.69) is 54.5 Å². The van der Waals surface area contributed by atoms with Crippen molar-refractivity contribution in [2.45, 2.75) is 45.6 Å². The van der Waals surface area contributed by atoms with Gasteiger partial charge in [0.05, 0.1) is 5.69 Å². The number of hydrogen-bond donors (Lipinski definition) is 0. The van der Waals surface area contributed by atoms with Crippen LogP contribution >= 0.6 is 0 Å². The molecule has 22 heavy (non-hydrogen) atoms. The molecule has 116 valence electrons. The van der Waals surface area contributed by atoms with E-state index in [1.54, 1.807) is 0 Å². The summed E-state index contributed by atoms with van der Waals surface area (Å²) in [6.45, 7) is 6.90. The first-order chi connectivity index (χ1) is 10.4. The van der Waals surface area contributed by atoms with Gasteiger partial charge in [-0.3, -0.25) is 0 Å². The Morgan fingerprint density at radius 3 is 2.77 bits per heavy atom. The molecule has 1 aliphatic rings. The second-order valence-corrected chi connectivity index (χ2v) is 6.76. The summed E-state index contributed by atoms with van der Waals surface area (Å²) in [6.07, 6.45) is 6.41. The minimum atomic E-state index is 0.0203. The molecule has 0 fully saturated rings. The molecule has 4 nitrogen and oxygen atoms in total. The third-order valence-electron chi connectivity index (χ3n) is 4.00. The Labute approximate surface area is 131 Å². The van der Waals surface area contributed by atoms with Gasteiger partial charge < -0.3 is 9.30 Å². The monoisotopic (exact) mass is 297 g/mol. The number of imidazole rings is 1. The molecule has 2 aromatic rings. The zero-order valence-corrected chi connectivity index (χ0v) is 13.8. The fraction of sp³-hybridized carbons (Fsp3) is 0.444. The van der Waals surface area contributed by atoms with E-state index in [0.29, 0.717) is 12.5 Å². The van der Waals surface area contributed by atoms with Crippen molar-refractivity contribution in [2.75, 3.05) is 0 Å². The van der Waals surface area contributed by atoms with Crippen LogP contribution in [0.3, 0.4) is 0 Å². The highest BCUT2D eigenvalue weighted by atomic mass is 16.5. The quantitative estimate of drug-likeness (QED) is 0.868. The van der Waals surface area contributed by atoms with E-state index in [1.165, 1.54) is 5.69 Å². The average Bonchev–Trinajstić information content (AvgIpc) is 2.82. The largest absolute Gasteiger partial charge is 0.469 e. The van der Waals surface area contributed by atoms with Crippen molar-refractivity contribution >= 4 is 6.08 Å². The predicted molar refractivity (Wildman–Crippen MR) is 87.8 cm³/mol. The number of pyridine rings is 1. The maximum atomic E-state index is 5.87. The van der Waals surface area contributed by atoms with E-state index in [4.69, 9.17) is 4.74 Å². The van der Waals surface area contributed by atoms with Crippen molar-refractivity contribution in [1.29, 1.82) is 0 Å². The smallest absolute Gasteiger partial charge is 0.213 e. The first kappa shape index (κ1) is 14.8. The number of nitrogens with zero attached hydrogens (tertiary/aromatic N) is 3. The Morgan fingerprint density at radius 2 is 2.05 bits per heavy atom. The Bertz CT molecular complexity index is 708. The van der Waals surface area contributed by atoms with Gasteiger partial charge in [-0.1, -0.05) is 32.9 Å². The molecule has 0 spiro atoms. The molecule has 0 aromatic carbocycles. The summed E-state index contributed by atoms with van der Waals surface area (Å²) in [5.41, 5.74) is 3.42. The number of hydrogen-bond acceptors (Lipinski definition) is 3. The van der Waals surface area contributed by atoms with E-state index < -0.39 is 0 Å². The summed E-state index contributed by atoms with van der Waals surface area (Å²) in [4.78, 5) is 9.26. The van der Waals surface area contributed by atoms with Gasteiger partial charge in [-0.05, 0) is 25.0 Å². The molecule has 4 heteroatoms. The number of allylic oxidation sites excluding steroid dienone is 1. The lowest BCUT2D eigenvalue weighted by molar-refractivity contribution is 0.277. The van der Waals surface area contributed by atoms with Gasteiger partial charge in [-0.2, -0.15) is 0 Å². The average molecular weight is 297 g/mol. The van der Waals surface area contributed by atoms with Crippen LogP contribution in [0.4, 0.5) is 0 Å². The molecule has 0 saturated heterocycles. The van der Waals surface area contributed by atoms with Crippen LogP contribution < -0.4 is 4.74 Å². The second-order valence-electron chi connectivity index (χ2n) is 6.76. The number of aromatic nitrogens is 3. The topological polar surface area (TPSA) is 39.9 Å². The van der Waals surface area contributed by atoms with E-state index in [0.717, 1.165) is 30.1 Å². The molecule has 2 aromatic heterocycles. The van der Waals surface area contributed by atoms with E-state index in [-0.39, 0.29) is 5.41 Å². The Morgan fingerprint density at radius 1 is 1.23 bits per heavy atom. The summed E-state index contributed by atoms with van der Waals surface area (Å²) in [5.74, 6) is 1.60. The molecule has 1 aliphatic carbocycles. The Kier molecular flexibility index (Phi) is 3.77. The number of rotatable bonds is 3. The lowest BCUT2D eigenvalue weighted by atomic mass is 9.92. The fourth-order valence-electron chi connectivity index (χ4n) is 2.63. The van der Waals surface area contributed by atoms with E-state index in [1.807, 2.05) is 18.2 Å². The van der Waals surface area contributed by atoms with Crippen molar-refractivity contribution in [2.24, 2.45) is 7.05 Å². The van der Waals surface area contributed by atoms with Gasteiger partial charge in [0.15, 0.2) is 0 Å². The van der Waals surface area contributed by atoms with Gasteiger partial charge in [0.1, 0.15) is 12.4 Å². The van der Waals surface area contributed by atoms with Crippen molar-refractivity contribution in [3.8, 4) is 5.88 Å². The number of ether oxygens (including phenoxy) is 1. The second kappa shape index (κ2) is 5.59. The van der Waals surface area contributed by atoms with Crippen molar-refractivity contribution in [3.63, 3.8) is 0 Å². The highest BCUT2D eigenvalue weighted by molar-refractivity contribution is 5.51. The first-order valence-electron chi connectivity index (χ1n) is 7.76. The van der Waals surface area contributed by atoms with Gasteiger partial charge in [0.25, 0.3) is 0 Å². The molecule has 2 heterocycles. The summed E-state index contributed by atoms with van der Waals surface area (Å²) in [5, 5.41) is 0. The molecule has 0 amide bonds. The van der Waals surface area contributed by atoms with Crippen LogP contribution in [0.2, 0.25) is 0 Å². The molecule has 0 radical (unpaired) electrons. The summed E-state index contributed by atoms with van der Waals surface area (Å²) in [6, 6.07) is 5.93.